The Morgan fingerprint density at radius 1 is 1.58 bits per heavy atom. The van der Waals surface area contributed by atoms with Crippen molar-refractivity contribution >= 4 is 73.3 Å². The van der Waals surface area contributed by atoms with Crippen molar-refractivity contribution in [3.8, 4) is 0 Å². The third kappa shape index (κ3) is 3.24. The second kappa shape index (κ2) is 5.46. The summed E-state index contributed by atoms with van der Waals surface area (Å²) in [5, 5.41) is 8.52. The van der Waals surface area contributed by atoms with Gasteiger partial charge in [-0.25, -0.2) is 9.78 Å². The van der Waals surface area contributed by atoms with E-state index in [0.717, 1.165) is 4.47 Å². The standard InChI is InChI=1S/C7H6BrNO2.K/c1-4-5(8)2-3-6(9-4)7(10)11;/h2-3H,1H3,(H,10,11);. The van der Waals surface area contributed by atoms with Crippen LogP contribution in [0.25, 0.3) is 0 Å². The molecule has 5 heteroatoms. The number of aromatic nitrogens is 1. The van der Waals surface area contributed by atoms with E-state index in [9.17, 15) is 4.79 Å². The maximum absolute atomic E-state index is 10.4. The summed E-state index contributed by atoms with van der Waals surface area (Å²) in [5.41, 5.74) is 0.760. The van der Waals surface area contributed by atoms with E-state index in [4.69, 9.17) is 5.11 Å². The largest absolute Gasteiger partial charge is 0.477 e. The van der Waals surface area contributed by atoms with Gasteiger partial charge in [0.1, 0.15) is 5.69 Å². The second-order valence-corrected chi connectivity index (χ2v) is 2.92. The summed E-state index contributed by atoms with van der Waals surface area (Å²) >= 11 is 3.22. The van der Waals surface area contributed by atoms with E-state index in [2.05, 4.69) is 20.9 Å². The Morgan fingerprint density at radius 2 is 2.17 bits per heavy atom. The van der Waals surface area contributed by atoms with Crippen LogP contribution in [-0.2, 0) is 0 Å². The van der Waals surface area contributed by atoms with Gasteiger partial charge in [-0.15, -0.1) is 0 Å². The fourth-order valence-corrected chi connectivity index (χ4v) is 0.884. The normalized spacial score (nSPS) is 8.83. The number of rotatable bonds is 1. The van der Waals surface area contributed by atoms with Crippen LogP contribution < -0.4 is 0 Å². The maximum atomic E-state index is 10.4. The molecule has 12 heavy (non-hydrogen) atoms. The molecule has 0 aliphatic rings. The number of aromatic carboxylic acids is 1. The summed E-state index contributed by atoms with van der Waals surface area (Å²) in [4.78, 5) is 14.2. The number of pyridine rings is 1. The number of hydrogen-bond acceptors (Lipinski definition) is 2. The Labute approximate surface area is 121 Å². The Morgan fingerprint density at radius 3 is 2.58 bits per heavy atom. The second-order valence-electron chi connectivity index (χ2n) is 2.07. The maximum Gasteiger partial charge on any atom is 0.354 e. The molecule has 1 aromatic heterocycles. The summed E-state index contributed by atoms with van der Waals surface area (Å²) in [6.45, 7) is 1.75. The first kappa shape index (κ1) is 12.7. The predicted molar refractivity (Wildman–Crippen MR) is 49.4 cm³/mol. The quantitative estimate of drug-likeness (QED) is 0.773. The molecular weight excluding hydrogens is 249 g/mol. The van der Waals surface area contributed by atoms with Crippen molar-refractivity contribution in [2.75, 3.05) is 0 Å². The summed E-state index contributed by atoms with van der Waals surface area (Å²) in [5.74, 6) is -0.999. The van der Waals surface area contributed by atoms with Crippen LogP contribution in [0.4, 0.5) is 0 Å². The fourth-order valence-electron chi connectivity index (χ4n) is 0.663. The number of carboxylic acid groups (broad SMARTS) is 1. The van der Waals surface area contributed by atoms with Crippen LogP contribution in [0.2, 0.25) is 0 Å². The molecule has 1 rings (SSSR count). The number of halogens is 1. The van der Waals surface area contributed by atoms with Crippen molar-refractivity contribution in [1.29, 1.82) is 0 Å². The van der Waals surface area contributed by atoms with Crippen molar-refractivity contribution in [2.24, 2.45) is 0 Å². The topological polar surface area (TPSA) is 50.2 Å². The van der Waals surface area contributed by atoms with E-state index in [1.165, 1.54) is 6.07 Å². The van der Waals surface area contributed by atoms with Crippen LogP contribution in [0.3, 0.4) is 0 Å². The molecular formula is C7H6BrKNO2. The first-order valence-electron chi connectivity index (χ1n) is 2.97. The minimum atomic E-state index is -0.999. The van der Waals surface area contributed by atoms with Gasteiger partial charge in [0, 0.05) is 55.9 Å². The molecule has 0 spiro atoms. The molecule has 0 aromatic carbocycles. The van der Waals surface area contributed by atoms with Crippen LogP contribution in [0, 0.1) is 6.92 Å². The molecule has 1 N–H and O–H groups in total. The summed E-state index contributed by atoms with van der Waals surface area (Å²) in [6.07, 6.45) is 0. The van der Waals surface area contributed by atoms with Crippen LogP contribution in [-0.4, -0.2) is 67.4 Å². The average Bonchev–Trinajstić information content (AvgIpc) is 1.94. The molecule has 0 saturated heterocycles. The molecule has 1 heterocycles. The van der Waals surface area contributed by atoms with E-state index < -0.39 is 5.97 Å². The zero-order chi connectivity index (χ0) is 8.43. The molecule has 0 aliphatic heterocycles. The van der Waals surface area contributed by atoms with E-state index in [-0.39, 0.29) is 57.1 Å². The van der Waals surface area contributed by atoms with Crippen LogP contribution >= 0.6 is 15.9 Å². The third-order valence-electron chi connectivity index (χ3n) is 1.24. The molecule has 3 nitrogen and oxygen atoms in total. The number of carbonyl (C=O) groups is 1. The van der Waals surface area contributed by atoms with Crippen molar-refractivity contribution in [1.82, 2.24) is 4.98 Å². The SMILES string of the molecule is Cc1nc(C(=O)O)ccc1Br.[K]. The number of hydrogen-bond donors (Lipinski definition) is 1. The van der Waals surface area contributed by atoms with Crippen molar-refractivity contribution in [3.63, 3.8) is 0 Å². The molecule has 0 amide bonds. The Kier molecular flexibility index (Phi) is 5.80. The average molecular weight is 255 g/mol. The zero-order valence-electron chi connectivity index (χ0n) is 6.84. The molecule has 0 atom stereocenters. The number of nitrogens with zero attached hydrogens (tertiary/aromatic N) is 1. The van der Waals surface area contributed by atoms with Gasteiger partial charge >= 0.3 is 5.97 Å². The molecule has 0 bridgehead atoms. The van der Waals surface area contributed by atoms with E-state index >= 15 is 0 Å². The van der Waals surface area contributed by atoms with E-state index in [1.54, 1.807) is 13.0 Å². The first-order valence-corrected chi connectivity index (χ1v) is 3.77. The van der Waals surface area contributed by atoms with Crippen LogP contribution in [0.1, 0.15) is 16.2 Å². The predicted octanol–water partition coefficient (Wildman–Crippen LogP) is 1.47. The molecule has 0 unspecified atom stereocenters. The Hall–Kier alpha value is 0.736. The minimum Gasteiger partial charge on any atom is -0.477 e. The van der Waals surface area contributed by atoms with Gasteiger partial charge in [-0.3, -0.25) is 0 Å². The van der Waals surface area contributed by atoms with Crippen LogP contribution in [0.15, 0.2) is 16.6 Å². The van der Waals surface area contributed by atoms with Gasteiger partial charge in [-0.1, -0.05) is 0 Å². The smallest absolute Gasteiger partial charge is 0.354 e. The zero-order valence-corrected chi connectivity index (χ0v) is 11.5. The molecule has 0 saturated carbocycles. The molecule has 0 fully saturated rings. The Bertz CT molecular complexity index is 303. The first-order chi connectivity index (χ1) is 5.11. The number of carboxylic acids is 1. The van der Waals surface area contributed by atoms with Crippen molar-refractivity contribution in [2.45, 2.75) is 6.92 Å². The van der Waals surface area contributed by atoms with Crippen LogP contribution in [0.5, 0.6) is 0 Å². The molecule has 1 aromatic rings. The van der Waals surface area contributed by atoms with Gasteiger partial charge in [-0.2, -0.15) is 0 Å². The third-order valence-corrected chi connectivity index (χ3v) is 2.08. The van der Waals surface area contributed by atoms with E-state index in [1.807, 2.05) is 0 Å². The Balaban J connectivity index is 0.00000121. The minimum absolute atomic E-state index is 0. The van der Waals surface area contributed by atoms with E-state index in [0.29, 0.717) is 5.69 Å². The van der Waals surface area contributed by atoms with Gasteiger partial charge in [0.2, 0.25) is 0 Å². The van der Waals surface area contributed by atoms with Gasteiger partial charge in [-0.05, 0) is 35.0 Å². The molecule has 0 aliphatic carbocycles. The summed E-state index contributed by atoms with van der Waals surface area (Å²) in [7, 11) is 0. The monoisotopic (exact) mass is 254 g/mol. The van der Waals surface area contributed by atoms with Crippen molar-refractivity contribution in [3.05, 3.63) is 28.0 Å². The molecule has 1 radical (unpaired) electrons. The van der Waals surface area contributed by atoms with Gasteiger partial charge in [0.05, 0.1) is 5.69 Å². The van der Waals surface area contributed by atoms with Gasteiger partial charge < -0.3 is 5.11 Å². The van der Waals surface area contributed by atoms with Crippen molar-refractivity contribution < 1.29 is 9.90 Å². The molecule has 59 valence electrons. The summed E-state index contributed by atoms with van der Waals surface area (Å²) < 4.78 is 0.822. The summed E-state index contributed by atoms with van der Waals surface area (Å²) in [6, 6.07) is 3.13. The fraction of sp³-hybridized carbons (Fsp3) is 0.143. The van der Waals surface area contributed by atoms with Gasteiger partial charge in [0.25, 0.3) is 0 Å². The number of aryl methyl sites for hydroxylation is 1. The van der Waals surface area contributed by atoms with Gasteiger partial charge in [0.15, 0.2) is 0 Å².